The van der Waals surface area contributed by atoms with E-state index in [1.54, 1.807) is 14.2 Å². The average Bonchev–Trinajstić information content (AvgIpc) is 3.27. The summed E-state index contributed by atoms with van der Waals surface area (Å²) in [7, 11) is 5.28. The first-order valence-electron chi connectivity index (χ1n) is 14.9. The van der Waals surface area contributed by atoms with Gasteiger partial charge in [-0.3, -0.25) is 9.59 Å². The third kappa shape index (κ3) is 4.50. The van der Waals surface area contributed by atoms with E-state index in [1.807, 2.05) is 25.2 Å². The molecule has 1 N–H and O–H groups in total. The number of carbonyl (C=O) groups excluding carboxylic acids is 2. The van der Waals surface area contributed by atoms with Gasteiger partial charge in [0.25, 0.3) is 0 Å². The highest BCUT2D eigenvalue weighted by molar-refractivity contribution is 5.79. The Morgan fingerprint density at radius 2 is 1.76 bits per heavy atom. The second kappa shape index (κ2) is 10.4. The Balaban J connectivity index is 1.21. The van der Waals surface area contributed by atoms with E-state index in [0.717, 1.165) is 42.7 Å². The van der Waals surface area contributed by atoms with E-state index in [1.165, 1.54) is 38.5 Å². The lowest BCUT2D eigenvalue weighted by atomic mass is 9.46. The lowest BCUT2D eigenvalue weighted by molar-refractivity contribution is -0.158. The highest BCUT2D eigenvalue weighted by Crippen LogP contribution is 2.67. The Kier molecular flexibility index (Phi) is 7.47. The maximum atomic E-state index is 12.8. The maximum absolute atomic E-state index is 12.8. The predicted molar refractivity (Wildman–Crippen MR) is 149 cm³/mol. The van der Waals surface area contributed by atoms with Crippen molar-refractivity contribution in [1.29, 1.82) is 0 Å². The van der Waals surface area contributed by atoms with E-state index < -0.39 is 0 Å². The average molecular weight is 525 g/mol. The molecule has 2 amide bonds. The fourth-order valence-corrected chi connectivity index (χ4v) is 9.78. The van der Waals surface area contributed by atoms with E-state index in [2.05, 4.69) is 31.0 Å². The standard InChI is InChI=1S/C32H48N2O4/c1-20(19-33-29(35)18-21-7-11-26(37-5)27(17-21)38-6)23-9-10-24-22-8-12-28-32(3,16-14-30(36)34(28)4)25(22)13-15-31(23,24)2/h7,11,17,20,22-25,28H,8-10,12-16,18-19H2,1-6H3,(H,33,35)/t20?,22-,23+,24-,25-,28+,31+,32+/m0/s1. The van der Waals surface area contributed by atoms with Gasteiger partial charge in [-0.15, -0.1) is 0 Å². The first-order valence-corrected chi connectivity index (χ1v) is 14.9. The first kappa shape index (κ1) is 27.3. The summed E-state index contributed by atoms with van der Waals surface area (Å²) >= 11 is 0. The van der Waals surface area contributed by atoms with Gasteiger partial charge in [0.2, 0.25) is 11.8 Å². The van der Waals surface area contributed by atoms with Crippen LogP contribution in [0.1, 0.15) is 77.7 Å². The summed E-state index contributed by atoms with van der Waals surface area (Å²) in [5.74, 6) is 5.15. The van der Waals surface area contributed by atoms with Crippen LogP contribution in [0.3, 0.4) is 0 Å². The van der Waals surface area contributed by atoms with Crippen molar-refractivity contribution in [2.24, 2.45) is 40.4 Å². The SMILES string of the molecule is COc1ccc(CC(=O)NCC(C)[C@H]2CC[C@H]3[C@@H]4CC[C@H]5N(C)C(=O)CC[C@]5(C)[C@H]4CC[C@]23C)cc1OC. The third-order valence-corrected chi connectivity index (χ3v) is 11.8. The molecule has 4 fully saturated rings. The topological polar surface area (TPSA) is 67.9 Å². The Morgan fingerprint density at radius 1 is 1.03 bits per heavy atom. The van der Waals surface area contributed by atoms with Crippen LogP contribution in [0.15, 0.2) is 18.2 Å². The summed E-state index contributed by atoms with van der Waals surface area (Å²) in [5, 5.41) is 3.25. The summed E-state index contributed by atoms with van der Waals surface area (Å²) < 4.78 is 10.7. The number of piperidine rings is 1. The van der Waals surface area contributed by atoms with Gasteiger partial charge in [0.05, 0.1) is 20.6 Å². The molecule has 1 aromatic rings. The van der Waals surface area contributed by atoms with Gasteiger partial charge >= 0.3 is 0 Å². The quantitative estimate of drug-likeness (QED) is 0.513. The van der Waals surface area contributed by atoms with Crippen molar-refractivity contribution in [2.45, 2.75) is 84.6 Å². The van der Waals surface area contributed by atoms with Crippen LogP contribution in [-0.2, 0) is 16.0 Å². The number of carbonyl (C=O) groups is 2. The van der Waals surface area contributed by atoms with Crippen LogP contribution < -0.4 is 14.8 Å². The molecule has 1 heterocycles. The molecule has 3 saturated carbocycles. The molecule has 8 atom stereocenters. The van der Waals surface area contributed by atoms with Gasteiger partial charge < -0.3 is 19.7 Å². The summed E-state index contributed by atoms with van der Waals surface area (Å²) in [4.78, 5) is 27.4. The number of rotatable bonds is 7. The Morgan fingerprint density at radius 3 is 2.50 bits per heavy atom. The minimum absolute atomic E-state index is 0.0645. The van der Waals surface area contributed by atoms with E-state index in [9.17, 15) is 9.59 Å². The van der Waals surface area contributed by atoms with Gasteiger partial charge in [-0.25, -0.2) is 0 Å². The number of hydrogen-bond donors (Lipinski definition) is 1. The van der Waals surface area contributed by atoms with E-state index >= 15 is 0 Å². The number of amides is 2. The highest BCUT2D eigenvalue weighted by Gasteiger charge is 2.61. The number of nitrogens with zero attached hydrogens (tertiary/aromatic N) is 1. The number of nitrogens with one attached hydrogen (secondary N) is 1. The molecule has 0 aromatic heterocycles. The molecule has 6 heteroatoms. The molecule has 1 unspecified atom stereocenters. The van der Waals surface area contributed by atoms with Crippen molar-refractivity contribution in [2.75, 3.05) is 27.8 Å². The molecule has 5 rings (SSSR count). The van der Waals surface area contributed by atoms with Crippen molar-refractivity contribution < 1.29 is 19.1 Å². The van der Waals surface area contributed by atoms with Crippen molar-refractivity contribution in [3.8, 4) is 11.5 Å². The molecule has 0 spiro atoms. The molecule has 6 nitrogen and oxygen atoms in total. The number of benzene rings is 1. The molecule has 4 aliphatic rings. The van der Waals surface area contributed by atoms with Crippen LogP contribution in [0.5, 0.6) is 11.5 Å². The predicted octanol–water partition coefficient (Wildman–Crippen LogP) is 5.48. The summed E-state index contributed by atoms with van der Waals surface area (Å²) in [6.45, 7) is 8.16. The Hall–Kier alpha value is -2.24. The van der Waals surface area contributed by atoms with Crippen LogP contribution in [0.25, 0.3) is 0 Å². The second-order valence-corrected chi connectivity index (χ2v) is 13.4. The van der Waals surface area contributed by atoms with E-state index in [4.69, 9.17) is 9.47 Å². The lowest BCUT2D eigenvalue weighted by Gasteiger charge is -2.62. The zero-order chi connectivity index (χ0) is 27.2. The van der Waals surface area contributed by atoms with Crippen LogP contribution >= 0.6 is 0 Å². The van der Waals surface area contributed by atoms with Gasteiger partial charge in [-0.05, 0) is 103 Å². The normalized spacial score (nSPS) is 37.1. The van der Waals surface area contributed by atoms with Gasteiger partial charge in [0.1, 0.15) is 0 Å². The molecule has 1 aromatic carbocycles. The lowest BCUT2D eigenvalue weighted by Crippen LogP contribution is -2.61. The summed E-state index contributed by atoms with van der Waals surface area (Å²) in [5.41, 5.74) is 1.56. The van der Waals surface area contributed by atoms with E-state index in [-0.39, 0.29) is 11.3 Å². The first-order chi connectivity index (χ1) is 18.1. The Bertz CT molecular complexity index is 1060. The number of methoxy groups -OCH3 is 2. The number of ether oxygens (including phenoxy) is 2. The summed E-state index contributed by atoms with van der Waals surface area (Å²) in [6.07, 6.45) is 9.74. The van der Waals surface area contributed by atoms with Gasteiger partial charge in [0, 0.05) is 26.1 Å². The van der Waals surface area contributed by atoms with Crippen molar-refractivity contribution in [3.05, 3.63) is 23.8 Å². The van der Waals surface area contributed by atoms with E-state index in [0.29, 0.717) is 47.1 Å². The van der Waals surface area contributed by atoms with Crippen LogP contribution in [0.2, 0.25) is 0 Å². The monoisotopic (exact) mass is 524 g/mol. The maximum Gasteiger partial charge on any atom is 0.224 e. The van der Waals surface area contributed by atoms with Crippen molar-refractivity contribution in [1.82, 2.24) is 10.2 Å². The fourth-order valence-electron chi connectivity index (χ4n) is 9.78. The smallest absolute Gasteiger partial charge is 0.224 e. The van der Waals surface area contributed by atoms with Crippen LogP contribution in [-0.4, -0.2) is 50.6 Å². The van der Waals surface area contributed by atoms with Gasteiger partial charge in [-0.1, -0.05) is 26.8 Å². The molecule has 38 heavy (non-hydrogen) atoms. The molecule has 0 radical (unpaired) electrons. The molecule has 210 valence electrons. The molecule has 3 aliphatic carbocycles. The fraction of sp³-hybridized carbons (Fsp3) is 0.750. The largest absolute Gasteiger partial charge is 0.493 e. The molecule has 0 bridgehead atoms. The summed E-state index contributed by atoms with van der Waals surface area (Å²) in [6, 6.07) is 6.10. The third-order valence-electron chi connectivity index (χ3n) is 11.8. The molecule has 1 saturated heterocycles. The zero-order valence-electron chi connectivity index (χ0n) is 24.3. The number of hydrogen-bond acceptors (Lipinski definition) is 4. The van der Waals surface area contributed by atoms with Crippen molar-refractivity contribution in [3.63, 3.8) is 0 Å². The van der Waals surface area contributed by atoms with Crippen molar-refractivity contribution >= 4 is 11.8 Å². The van der Waals surface area contributed by atoms with Gasteiger partial charge in [-0.2, -0.15) is 0 Å². The second-order valence-electron chi connectivity index (χ2n) is 13.4. The van der Waals surface area contributed by atoms with Crippen LogP contribution in [0.4, 0.5) is 0 Å². The molecular weight excluding hydrogens is 476 g/mol. The minimum Gasteiger partial charge on any atom is -0.493 e. The van der Waals surface area contributed by atoms with Crippen LogP contribution in [0, 0.1) is 40.4 Å². The Labute approximate surface area is 229 Å². The zero-order valence-corrected chi connectivity index (χ0v) is 24.3. The highest BCUT2D eigenvalue weighted by atomic mass is 16.5. The number of likely N-dealkylation sites (tertiary alicyclic amines) is 1. The molecular formula is C32H48N2O4. The van der Waals surface area contributed by atoms with Gasteiger partial charge in [0.15, 0.2) is 11.5 Å². The molecule has 1 aliphatic heterocycles. The minimum atomic E-state index is 0.0645. The number of fused-ring (bicyclic) bond motifs is 5.